The van der Waals surface area contributed by atoms with Crippen LogP contribution in [0, 0.1) is 0 Å². The number of esters is 1. The summed E-state index contributed by atoms with van der Waals surface area (Å²) in [6.45, 7) is 4.31. The van der Waals surface area contributed by atoms with Crippen molar-refractivity contribution in [2.45, 2.75) is 26.8 Å². The van der Waals surface area contributed by atoms with Gasteiger partial charge < -0.3 is 15.4 Å². The first-order valence-corrected chi connectivity index (χ1v) is 6.58. The van der Waals surface area contributed by atoms with Crippen molar-refractivity contribution in [3.8, 4) is 0 Å². The molecule has 0 radical (unpaired) electrons. The van der Waals surface area contributed by atoms with E-state index in [1.54, 1.807) is 24.5 Å². The van der Waals surface area contributed by atoms with Gasteiger partial charge in [0.1, 0.15) is 11.6 Å². The average molecular weight is 271 g/mol. The van der Waals surface area contributed by atoms with Crippen LogP contribution in [-0.2, 0) is 22.5 Å². The van der Waals surface area contributed by atoms with Crippen LogP contribution >= 0.6 is 11.3 Å². The third kappa shape index (κ3) is 5.13. The van der Waals surface area contributed by atoms with Crippen LogP contribution in [0.5, 0.6) is 0 Å². The first kappa shape index (κ1) is 14.4. The topological polar surface area (TPSA) is 80.3 Å². The van der Waals surface area contributed by atoms with Gasteiger partial charge in [-0.2, -0.15) is 0 Å². The molecule has 1 heterocycles. The Morgan fingerprint density at radius 1 is 1.39 bits per heavy atom. The summed E-state index contributed by atoms with van der Waals surface area (Å²) < 4.78 is 4.68. The molecule has 100 valence electrons. The zero-order chi connectivity index (χ0) is 13.4. The van der Waals surface area contributed by atoms with Gasteiger partial charge in [0, 0.05) is 11.1 Å². The average Bonchev–Trinajstić information content (AvgIpc) is 2.82. The molecule has 1 aromatic heterocycles. The number of nitrogens with one attached hydrogen (secondary N) is 2. The first-order chi connectivity index (χ1) is 8.65. The van der Waals surface area contributed by atoms with Gasteiger partial charge in [-0.25, -0.2) is 9.78 Å². The predicted molar refractivity (Wildman–Crippen MR) is 68.4 cm³/mol. The Balaban J connectivity index is 2.22. The van der Waals surface area contributed by atoms with Gasteiger partial charge in [-0.1, -0.05) is 6.92 Å². The van der Waals surface area contributed by atoms with E-state index in [-0.39, 0.29) is 6.54 Å². The number of ether oxygens (including phenoxy) is 1. The lowest BCUT2D eigenvalue weighted by Crippen LogP contribution is -2.38. The summed E-state index contributed by atoms with van der Waals surface area (Å²) in [6, 6.07) is -0.406. The van der Waals surface area contributed by atoms with E-state index in [1.165, 1.54) is 4.88 Å². The third-order valence-corrected chi connectivity index (χ3v) is 3.19. The van der Waals surface area contributed by atoms with Gasteiger partial charge in [0.05, 0.1) is 13.2 Å². The second-order valence-electron chi connectivity index (χ2n) is 3.42. The van der Waals surface area contributed by atoms with Gasteiger partial charge in [-0.15, -0.1) is 11.3 Å². The summed E-state index contributed by atoms with van der Waals surface area (Å²) >= 11 is 1.56. The molecule has 2 N–H and O–H groups in total. The Morgan fingerprint density at radius 2 is 2.17 bits per heavy atom. The van der Waals surface area contributed by atoms with Crippen molar-refractivity contribution < 1.29 is 14.3 Å². The summed E-state index contributed by atoms with van der Waals surface area (Å²) in [6.07, 6.45) is 2.74. The van der Waals surface area contributed by atoms with Crippen LogP contribution in [0.4, 0.5) is 4.79 Å². The molecule has 0 aromatic carbocycles. The van der Waals surface area contributed by atoms with Crippen LogP contribution < -0.4 is 10.6 Å². The van der Waals surface area contributed by atoms with Gasteiger partial charge in [0.25, 0.3) is 0 Å². The largest absolute Gasteiger partial charge is 0.465 e. The first-order valence-electron chi connectivity index (χ1n) is 5.76. The molecular formula is C11H17N3O3S. The number of amides is 2. The fraction of sp³-hybridized carbons (Fsp3) is 0.545. The summed E-state index contributed by atoms with van der Waals surface area (Å²) in [4.78, 5) is 27.7. The molecule has 7 heteroatoms. The van der Waals surface area contributed by atoms with Crippen molar-refractivity contribution in [1.29, 1.82) is 0 Å². The Bertz CT molecular complexity index is 406. The summed E-state index contributed by atoms with van der Waals surface area (Å²) in [5, 5.41) is 5.88. The minimum atomic E-state index is -0.449. The number of aromatic nitrogens is 1. The molecule has 0 aliphatic heterocycles. The fourth-order valence-corrected chi connectivity index (χ4v) is 1.98. The molecule has 0 saturated heterocycles. The van der Waals surface area contributed by atoms with Gasteiger partial charge in [-0.3, -0.25) is 4.79 Å². The van der Waals surface area contributed by atoms with Crippen molar-refractivity contribution in [2.24, 2.45) is 0 Å². The molecule has 0 fully saturated rings. The maximum absolute atomic E-state index is 11.3. The van der Waals surface area contributed by atoms with E-state index in [9.17, 15) is 9.59 Å². The number of rotatable bonds is 6. The highest BCUT2D eigenvalue weighted by Gasteiger charge is 2.06. The molecule has 0 spiro atoms. The van der Waals surface area contributed by atoms with Gasteiger partial charge in [0.2, 0.25) is 0 Å². The number of carbonyl (C=O) groups excluding carboxylic acids is 2. The predicted octanol–water partition coefficient (Wildman–Crippen LogP) is 1.07. The van der Waals surface area contributed by atoms with Gasteiger partial charge in [-0.05, 0) is 13.3 Å². The normalized spacial score (nSPS) is 9.89. The SMILES string of the molecule is CCOC(=O)CNC(=O)NCc1ncc(CC)s1. The molecule has 0 atom stereocenters. The summed E-state index contributed by atoms with van der Waals surface area (Å²) in [5.41, 5.74) is 0. The van der Waals surface area contributed by atoms with E-state index in [0.29, 0.717) is 13.2 Å². The van der Waals surface area contributed by atoms with Crippen LogP contribution in [0.25, 0.3) is 0 Å². The van der Waals surface area contributed by atoms with E-state index >= 15 is 0 Å². The molecule has 1 aromatic rings. The quantitative estimate of drug-likeness (QED) is 0.758. The number of urea groups is 1. The van der Waals surface area contributed by atoms with Crippen LogP contribution in [-0.4, -0.2) is 30.1 Å². The number of aryl methyl sites for hydroxylation is 1. The lowest BCUT2D eigenvalue weighted by atomic mass is 10.4. The monoisotopic (exact) mass is 271 g/mol. The Labute approximate surface area is 110 Å². The molecular weight excluding hydrogens is 254 g/mol. The van der Waals surface area contributed by atoms with Crippen LogP contribution in [0.1, 0.15) is 23.7 Å². The second-order valence-corrected chi connectivity index (χ2v) is 4.61. The third-order valence-electron chi connectivity index (χ3n) is 2.05. The Hall–Kier alpha value is -1.63. The van der Waals surface area contributed by atoms with Crippen molar-refractivity contribution >= 4 is 23.3 Å². The molecule has 1 rings (SSSR count). The lowest BCUT2D eigenvalue weighted by Gasteiger charge is -2.05. The fourth-order valence-electron chi connectivity index (χ4n) is 1.18. The van der Waals surface area contributed by atoms with Crippen LogP contribution in [0.3, 0.4) is 0 Å². The highest BCUT2D eigenvalue weighted by atomic mass is 32.1. The molecule has 18 heavy (non-hydrogen) atoms. The maximum Gasteiger partial charge on any atom is 0.325 e. The smallest absolute Gasteiger partial charge is 0.325 e. The van der Waals surface area contributed by atoms with E-state index in [4.69, 9.17) is 0 Å². The standard InChI is InChI=1S/C11H17N3O3S/c1-3-8-5-12-9(18-8)6-13-11(16)14-7-10(15)17-4-2/h5H,3-4,6-7H2,1-2H3,(H2,13,14,16). The molecule has 0 unspecified atom stereocenters. The van der Waals surface area contributed by atoms with E-state index < -0.39 is 12.0 Å². The number of hydrogen-bond acceptors (Lipinski definition) is 5. The molecule has 6 nitrogen and oxygen atoms in total. The van der Waals surface area contributed by atoms with E-state index in [2.05, 4.69) is 27.3 Å². The Morgan fingerprint density at radius 3 is 2.78 bits per heavy atom. The molecule has 0 aliphatic carbocycles. The summed E-state index contributed by atoms with van der Waals surface area (Å²) in [7, 11) is 0. The van der Waals surface area contributed by atoms with Crippen molar-refractivity contribution in [3.05, 3.63) is 16.1 Å². The van der Waals surface area contributed by atoms with Crippen molar-refractivity contribution in [1.82, 2.24) is 15.6 Å². The molecule has 0 aliphatic rings. The number of hydrogen-bond donors (Lipinski definition) is 2. The number of thiazole rings is 1. The molecule has 0 bridgehead atoms. The second kappa shape index (κ2) is 7.65. The highest BCUT2D eigenvalue weighted by Crippen LogP contribution is 2.12. The van der Waals surface area contributed by atoms with Gasteiger partial charge in [0.15, 0.2) is 0 Å². The minimum Gasteiger partial charge on any atom is -0.465 e. The van der Waals surface area contributed by atoms with Crippen LogP contribution in [0.15, 0.2) is 6.20 Å². The lowest BCUT2D eigenvalue weighted by molar-refractivity contribution is -0.141. The van der Waals surface area contributed by atoms with E-state index in [1.807, 2.05) is 0 Å². The Kier molecular flexibility index (Phi) is 6.13. The van der Waals surface area contributed by atoms with Crippen LogP contribution in [0.2, 0.25) is 0 Å². The van der Waals surface area contributed by atoms with Gasteiger partial charge >= 0.3 is 12.0 Å². The maximum atomic E-state index is 11.3. The molecule has 2 amide bonds. The summed E-state index contributed by atoms with van der Waals surface area (Å²) in [5.74, 6) is -0.449. The van der Waals surface area contributed by atoms with Crippen molar-refractivity contribution in [2.75, 3.05) is 13.2 Å². The minimum absolute atomic E-state index is 0.127. The zero-order valence-corrected chi connectivity index (χ0v) is 11.3. The zero-order valence-electron chi connectivity index (χ0n) is 10.5. The highest BCUT2D eigenvalue weighted by molar-refractivity contribution is 7.11. The van der Waals surface area contributed by atoms with E-state index in [0.717, 1.165) is 11.4 Å². The molecule has 0 saturated carbocycles. The number of carbonyl (C=O) groups is 2. The van der Waals surface area contributed by atoms with Crippen molar-refractivity contribution in [3.63, 3.8) is 0 Å². The number of nitrogens with zero attached hydrogens (tertiary/aromatic N) is 1.